The zero-order chi connectivity index (χ0) is 19.8. The van der Waals surface area contributed by atoms with Crippen molar-refractivity contribution in [1.29, 1.82) is 0 Å². The van der Waals surface area contributed by atoms with Gasteiger partial charge in [-0.05, 0) is 49.9 Å². The third-order valence-corrected chi connectivity index (χ3v) is 5.43. The Kier molecular flexibility index (Phi) is 6.89. The number of para-hydroxylation sites is 1. The van der Waals surface area contributed by atoms with Crippen LogP contribution in [0.5, 0.6) is 5.75 Å². The van der Waals surface area contributed by atoms with E-state index in [4.69, 9.17) is 10.5 Å². The summed E-state index contributed by atoms with van der Waals surface area (Å²) >= 11 is 0. The molecular formula is C26H31NO. The van der Waals surface area contributed by atoms with Crippen molar-refractivity contribution >= 4 is 0 Å². The molecule has 0 radical (unpaired) electrons. The van der Waals surface area contributed by atoms with Gasteiger partial charge in [0.2, 0.25) is 0 Å². The summed E-state index contributed by atoms with van der Waals surface area (Å²) in [6, 6.07) is 31.4. The Morgan fingerprint density at radius 3 is 1.68 bits per heavy atom. The van der Waals surface area contributed by atoms with E-state index < -0.39 is 5.60 Å². The second-order valence-electron chi connectivity index (χ2n) is 7.93. The Balaban J connectivity index is 1.62. The quantitative estimate of drug-likeness (QED) is 0.486. The van der Waals surface area contributed by atoms with E-state index in [2.05, 4.69) is 74.5 Å². The Labute approximate surface area is 169 Å². The van der Waals surface area contributed by atoms with E-state index in [0.717, 1.165) is 25.0 Å². The van der Waals surface area contributed by atoms with E-state index in [1.54, 1.807) is 0 Å². The third-order valence-electron chi connectivity index (χ3n) is 5.43. The van der Waals surface area contributed by atoms with E-state index in [0.29, 0.717) is 5.92 Å². The lowest BCUT2D eigenvalue weighted by Gasteiger charge is -2.33. The molecule has 0 fully saturated rings. The first-order valence-electron chi connectivity index (χ1n) is 10.2. The lowest BCUT2D eigenvalue weighted by molar-refractivity contribution is 0.0752. The highest BCUT2D eigenvalue weighted by Gasteiger charge is 2.28. The van der Waals surface area contributed by atoms with Gasteiger partial charge in [0.25, 0.3) is 0 Å². The Hall–Kier alpha value is -2.58. The van der Waals surface area contributed by atoms with Crippen LogP contribution in [-0.4, -0.2) is 11.6 Å². The highest BCUT2D eigenvalue weighted by atomic mass is 16.5. The number of ether oxygens (including phenoxy) is 1. The second kappa shape index (κ2) is 9.57. The van der Waals surface area contributed by atoms with Gasteiger partial charge in [0, 0.05) is 12.0 Å². The van der Waals surface area contributed by atoms with Crippen LogP contribution in [0.4, 0.5) is 0 Å². The van der Waals surface area contributed by atoms with Crippen molar-refractivity contribution in [1.82, 2.24) is 0 Å². The Morgan fingerprint density at radius 1 is 0.714 bits per heavy atom. The van der Waals surface area contributed by atoms with Crippen LogP contribution in [0.25, 0.3) is 0 Å². The maximum atomic E-state index is 6.54. The minimum absolute atomic E-state index is 0.0279. The summed E-state index contributed by atoms with van der Waals surface area (Å²) in [5.41, 5.74) is 8.86. The predicted octanol–water partition coefficient (Wildman–Crippen LogP) is 6.17. The van der Waals surface area contributed by atoms with Crippen LogP contribution < -0.4 is 10.5 Å². The lowest BCUT2D eigenvalue weighted by Crippen LogP contribution is -2.47. The third kappa shape index (κ3) is 5.46. The van der Waals surface area contributed by atoms with Gasteiger partial charge in [0.05, 0.1) is 0 Å². The fourth-order valence-electron chi connectivity index (χ4n) is 3.65. The smallest absolute Gasteiger partial charge is 0.120 e. The SMILES string of the molecule is CC(C)(Oc1ccccc1)C(N)CCCC(c1ccccc1)c1ccccc1. The zero-order valence-electron chi connectivity index (χ0n) is 16.9. The maximum Gasteiger partial charge on any atom is 0.120 e. The minimum atomic E-state index is -0.406. The molecule has 146 valence electrons. The van der Waals surface area contributed by atoms with Gasteiger partial charge < -0.3 is 10.5 Å². The molecule has 2 N–H and O–H groups in total. The number of nitrogens with two attached hydrogens (primary N) is 1. The highest BCUT2D eigenvalue weighted by molar-refractivity contribution is 5.32. The van der Waals surface area contributed by atoms with E-state index in [9.17, 15) is 0 Å². The van der Waals surface area contributed by atoms with Gasteiger partial charge in [-0.1, -0.05) is 85.3 Å². The first-order chi connectivity index (χ1) is 13.6. The molecule has 0 saturated carbocycles. The molecule has 0 aliphatic heterocycles. The number of benzene rings is 3. The molecule has 2 heteroatoms. The molecule has 0 aromatic heterocycles. The molecular weight excluding hydrogens is 342 g/mol. The van der Waals surface area contributed by atoms with Crippen LogP contribution in [0.3, 0.4) is 0 Å². The van der Waals surface area contributed by atoms with Gasteiger partial charge in [-0.15, -0.1) is 0 Å². The van der Waals surface area contributed by atoms with Crippen molar-refractivity contribution in [2.45, 2.75) is 50.7 Å². The summed E-state index contributed by atoms with van der Waals surface area (Å²) in [4.78, 5) is 0. The Morgan fingerprint density at radius 2 is 1.18 bits per heavy atom. The molecule has 0 spiro atoms. The molecule has 0 amide bonds. The first-order valence-corrected chi connectivity index (χ1v) is 10.2. The maximum absolute atomic E-state index is 6.54. The van der Waals surface area contributed by atoms with E-state index >= 15 is 0 Å². The molecule has 3 aromatic carbocycles. The molecule has 0 aliphatic carbocycles. The molecule has 1 atom stereocenters. The van der Waals surface area contributed by atoms with Crippen molar-refractivity contribution in [3.8, 4) is 5.75 Å². The Bertz CT molecular complexity index is 775. The van der Waals surface area contributed by atoms with Crippen LogP contribution in [0.15, 0.2) is 91.0 Å². The van der Waals surface area contributed by atoms with Gasteiger partial charge in [-0.2, -0.15) is 0 Å². The lowest BCUT2D eigenvalue weighted by atomic mass is 9.85. The molecule has 0 aliphatic rings. The summed E-state index contributed by atoms with van der Waals surface area (Å²) in [6.07, 6.45) is 3.05. The largest absolute Gasteiger partial charge is 0.486 e. The van der Waals surface area contributed by atoms with Crippen LogP contribution in [0.2, 0.25) is 0 Å². The highest BCUT2D eigenvalue weighted by Crippen LogP contribution is 2.31. The average Bonchev–Trinajstić information content (AvgIpc) is 2.73. The average molecular weight is 374 g/mol. The van der Waals surface area contributed by atoms with Crippen LogP contribution >= 0.6 is 0 Å². The van der Waals surface area contributed by atoms with Crippen molar-refractivity contribution < 1.29 is 4.74 Å². The van der Waals surface area contributed by atoms with Gasteiger partial charge in [-0.3, -0.25) is 0 Å². The molecule has 28 heavy (non-hydrogen) atoms. The molecule has 3 aromatic rings. The van der Waals surface area contributed by atoms with Gasteiger partial charge in [0.15, 0.2) is 0 Å². The fraction of sp³-hybridized carbons (Fsp3) is 0.308. The van der Waals surface area contributed by atoms with Crippen LogP contribution in [0.1, 0.15) is 50.2 Å². The van der Waals surface area contributed by atoms with E-state index in [-0.39, 0.29) is 6.04 Å². The summed E-state index contributed by atoms with van der Waals surface area (Å²) in [7, 11) is 0. The van der Waals surface area contributed by atoms with Crippen molar-refractivity contribution in [2.24, 2.45) is 5.73 Å². The molecule has 0 bridgehead atoms. The standard InChI is InChI=1S/C26H31NO/c1-26(2,28-23-17-10-5-11-18-23)25(27)20-12-19-24(21-13-6-3-7-14-21)22-15-8-4-9-16-22/h3-11,13-18,24-25H,12,19-20,27H2,1-2H3. The summed E-state index contributed by atoms with van der Waals surface area (Å²) in [5, 5.41) is 0. The molecule has 2 nitrogen and oxygen atoms in total. The van der Waals surface area contributed by atoms with Gasteiger partial charge in [-0.25, -0.2) is 0 Å². The summed E-state index contributed by atoms with van der Waals surface area (Å²) < 4.78 is 6.17. The number of rotatable bonds is 9. The van der Waals surface area contributed by atoms with Crippen LogP contribution in [0, 0.1) is 0 Å². The topological polar surface area (TPSA) is 35.2 Å². The van der Waals surface area contributed by atoms with Crippen molar-refractivity contribution in [3.63, 3.8) is 0 Å². The van der Waals surface area contributed by atoms with Gasteiger partial charge in [0.1, 0.15) is 11.4 Å². The molecule has 0 heterocycles. The predicted molar refractivity (Wildman–Crippen MR) is 118 cm³/mol. The summed E-state index contributed by atoms with van der Waals surface area (Å²) in [5.74, 6) is 1.27. The monoisotopic (exact) mass is 373 g/mol. The number of hydrogen-bond donors (Lipinski definition) is 1. The molecule has 0 saturated heterocycles. The van der Waals surface area contributed by atoms with Crippen LogP contribution in [-0.2, 0) is 0 Å². The van der Waals surface area contributed by atoms with Crippen molar-refractivity contribution in [3.05, 3.63) is 102 Å². The fourth-order valence-corrected chi connectivity index (χ4v) is 3.65. The molecule has 1 unspecified atom stereocenters. The number of hydrogen-bond acceptors (Lipinski definition) is 2. The first kappa shape index (κ1) is 20.2. The second-order valence-corrected chi connectivity index (χ2v) is 7.93. The zero-order valence-corrected chi connectivity index (χ0v) is 16.9. The minimum Gasteiger partial charge on any atom is -0.486 e. The summed E-state index contributed by atoms with van der Waals surface area (Å²) in [6.45, 7) is 4.16. The van der Waals surface area contributed by atoms with Crippen molar-refractivity contribution in [2.75, 3.05) is 0 Å². The van der Waals surface area contributed by atoms with E-state index in [1.807, 2.05) is 30.3 Å². The molecule has 3 rings (SSSR count). The van der Waals surface area contributed by atoms with Gasteiger partial charge >= 0.3 is 0 Å². The normalized spacial score (nSPS) is 12.7. The van der Waals surface area contributed by atoms with E-state index in [1.165, 1.54) is 11.1 Å².